The number of hydrogen-bond acceptors (Lipinski definition) is 0. The van der Waals surface area contributed by atoms with Gasteiger partial charge in [-0.25, -0.2) is 0 Å². The van der Waals surface area contributed by atoms with Gasteiger partial charge >= 0.3 is 0 Å². The van der Waals surface area contributed by atoms with Crippen molar-refractivity contribution in [2.45, 2.75) is 13.0 Å². The van der Waals surface area contributed by atoms with E-state index in [1.54, 1.807) is 0 Å². The van der Waals surface area contributed by atoms with E-state index in [0.29, 0.717) is 0 Å². The van der Waals surface area contributed by atoms with E-state index in [1.165, 1.54) is 22.0 Å². The van der Waals surface area contributed by atoms with Crippen LogP contribution < -0.4 is 5.32 Å². The van der Waals surface area contributed by atoms with Crippen LogP contribution in [-0.2, 0) is 13.0 Å². The van der Waals surface area contributed by atoms with E-state index in [9.17, 15) is 0 Å². The maximum absolute atomic E-state index is 3.51. The molecule has 2 aromatic carbocycles. The van der Waals surface area contributed by atoms with Crippen LogP contribution in [0.1, 0.15) is 11.1 Å². The molecule has 102 valence electrons. The van der Waals surface area contributed by atoms with Gasteiger partial charge in [-0.05, 0) is 23.8 Å². The Kier molecular flexibility index (Phi) is 4.19. The predicted molar refractivity (Wildman–Crippen MR) is 86.6 cm³/mol. The van der Waals surface area contributed by atoms with Crippen molar-refractivity contribution in [3.63, 3.8) is 0 Å². The van der Waals surface area contributed by atoms with Gasteiger partial charge in [0.05, 0.1) is 6.54 Å². The Balaban J connectivity index is 1.55. The van der Waals surface area contributed by atoms with Gasteiger partial charge in [-0.3, -0.25) is 0 Å². The summed E-state index contributed by atoms with van der Waals surface area (Å²) in [5.74, 6) is 0. The third-order valence-corrected chi connectivity index (χ3v) is 4.06. The van der Waals surface area contributed by atoms with E-state index in [1.807, 2.05) is 0 Å². The van der Waals surface area contributed by atoms with E-state index < -0.39 is 0 Å². The SMILES string of the molecule is Brc1cccc(C[NH2+]CCc2c[nH]c3ccccc23)c1. The van der Waals surface area contributed by atoms with Crippen LogP contribution in [0.5, 0.6) is 0 Å². The molecule has 0 aliphatic rings. The van der Waals surface area contributed by atoms with Gasteiger partial charge in [-0.15, -0.1) is 0 Å². The van der Waals surface area contributed by atoms with Crippen molar-refractivity contribution in [1.29, 1.82) is 0 Å². The van der Waals surface area contributed by atoms with Gasteiger partial charge in [-0.1, -0.05) is 46.3 Å². The minimum atomic E-state index is 1.03. The van der Waals surface area contributed by atoms with Gasteiger partial charge in [0.25, 0.3) is 0 Å². The third-order valence-electron chi connectivity index (χ3n) is 3.56. The summed E-state index contributed by atoms with van der Waals surface area (Å²) in [5.41, 5.74) is 4.00. The highest BCUT2D eigenvalue weighted by Crippen LogP contribution is 2.17. The highest BCUT2D eigenvalue weighted by atomic mass is 79.9. The van der Waals surface area contributed by atoms with Crippen molar-refractivity contribution >= 4 is 26.8 Å². The summed E-state index contributed by atoms with van der Waals surface area (Å²) >= 11 is 3.51. The average Bonchev–Trinajstić information content (AvgIpc) is 2.87. The average molecular weight is 330 g/mol. The van der Waals surface area contributed by atoms with Crippen molar-refractivity contribution in [2.24, 2.45) is 0 Å². The van der Waals surface area contributed by atoms with Crippen LogP contribution in [0.3, 0.4) is 0 Å². The lowest BCUT2D eigenvalue weighted by Crippen LogP contribution is -2.83. The van der Waals surface area contributed by atoms with Gasteiger partial charge < -0.3 is 10.3 Å². The zero-order valence-electron chi connectivity index (χ0n) is 11.3. The maximum Gasteiger partial charge on any atom is 0.101 e. The molecular weight excluding hydrogens is 312 g/mol. The second-order valence-electron chi connectivity index (χ2n) is 5.02. The van der Waals surface area contributed by atoms with Gasteiger partial charge in [0, 0.05) is 33.6 Å². The Bertz CT molecular complexity index is 703. The smallest absolute Gasteiger partial charge is 0.101 e. The quantitative estimate of drug-likeness (QED) is 0.674. The highest BCUT2D eigenvalue weighted by Gasteiger charge is 2.03. The molecule has 3 rings (SSSR count). The fraction of sp³-hybridized carbons (Fsp3) is 0.176. The fourth-order valence-electron chi connectivity index (χ4n) is 2.53. The normalized spacial score (nSPS) is 11.1. The number of rotatable bonds is 5. The van der Waals surface area contributed by atoms with E-state index in [4.69, 9.17) is 0 Å². The molecule has 3 aromatic rings. The zero-order chi connectivity index (χ0) is 13.8. The molecule has 0 saturated carbocycles. The monoisotopic (exact) mass is 329 g/mol. The van der Waals surface area contributed by atoms with Crippen molar-refractivity contribution in [3.05, 3.63) is 70.3 Å². The second-order valence-corrected chi connectivity index (χ2v) is 5.94. The third kappa shape index (κ3) is 3.11. The molecule has 0 amide bonds. The lowest BCUT2D eigenvalue weighted by Gasteiger charge is -2.02. The van der Waals surface area contributed by atoms with E-state index in [-0.39, 0.29) is 0 Å². The van der Waals surface area contributed by atoms with Crippen molar-refractivity contribution in [2.75, 3.05) is 6.54 Å². The van der Waals surface area contributed by atoms with Gasteiger partial charge in [0.1, 0.15) is 6.54 Å². The van der Waals surface area contributed by atoms with Crippen LogP contribution in [-0.4, -0.2) is 11.5 Å². The van der Waals surface area contributed by atoms with Crippen LogP contribution in [0.15, 0.2) is 59.2 Å². The number of benzene rings is 2. The molecule has 0 radical (unpaired) electrons. The molecule has 3 N–H and O–H groups in total. The Morgan fingerprint density at radius 3 is 2.85 bits per heavy atom. The molecular formula is C17H18BrN2+. The number of H-pyrrole nitrogens is 1. The Morgan fingerprint density at radius 2 is 1.95 bits per heavy atom. The molecule has 3 heteroatoms. The number of fused-ring (bicyclic) bond motifs is 1. The van der Waals surface area contributed by atoms with E-state index >= 15 is 0 Å². The lowest BCUT2D eigenvalue weighted by atomic mass is 10.1. The first-order chi connectivity index (χ1) is 9.83. The largest absolute Gasteiger partial charge is 0.361 e. The molecule has 0 aliphatic heterocycles. The van der Waals surface area contributed by atoms with E-state index in [2.05, 4.69) is 81.0 Å². The Morgan fingerprint density at radius 1 is 1.05 bits per heavy atom. The van der Waals surface area contributed by atoms with Gasteiger partial charge in [-0.2, -0.15) is 0 Å². The minimum Gasteiger partial charge on any atom is -0.361 e. The first-order valence-corrected chi connectivity index (χ1v) is 7.73. The van der Waals surface area contributed by atoms with Gasteiger partial charge in [0.15, 0.2) is 0 Å². The topological polar surface area (TPSA) is 32.4 Å². The first kappa shape index (κ1) is 13.4. The Labute approximate surface area is 127 Å². The molecule has 0 bridgehead atoms. The summed E-state index contributed by atoms with van der Waals surface area (Å²) in [7, 11) is 0. The molecule has 0 spiro atoms. The number of aromatic amines is 1. The summed E-state index contributed by atoms with van der Waals surface area (Å²) in [6.07, 6.45) is 3.23. The molecule has 2 nitrogen and oxygen atoms in total. The van der Waals surface area contributed by atoms with E-state index in [0.717, 1.165) is 24.0 Å². The molecule has 0 unspecified atom stereocenters. The van der Waals surface area contributed by atoms with Crippen molar-refractivity contribution < 1.29 is 5.32 Å². The van der Waals surface area contributed by atoms with Crippen LogP contribution in [0.4, 0.5) is 0 Å². The van der Waals surface area contributed by atoms with Crippen LogP contribution in [0.25, 0.3) is 10.9 Å². The molecule has 0 fully saturated rings. The van der Waals surface area contributed by atoms with Gasteiger partial charge in [0.2, 0.25) is 0 Å². The number of hydrogen-bond donors (Lipinski definition) is 2. The summed E-state index contributed by atoms with van der Waals surface area (Å²) < 4.78 is 1.15. The first-order valence-electron chi connectivity index (χ1n) is 6.94. The van der Waals surface area contributed by atoms with Crippen molar-refractivity contribution in [3.8, 4) is 0 Å². The number of para-hydroxylation sites is 1. The maximum atomic E-state index is 3.51. The minimum absolute atomic E-state index is 1.03. The second kappa shape index (κ2) is 6.25. The van der Waals surface area contributed by atoms with Crippen LogP contribution >= 0.6 is 15.9 Å². The number of nitrogens with one attached hydrogen (secondary N) is 1. The predicted octanol–water partition coefficient (Wildman–Crippen LogP) is 3.24. The lowest BCUT2D eigenvalue weighted by molar-refractivity contribution is -0.670. The summed E-state index contributed by atoms with van der Waals surface area (Å²) in [6, 6.07) is 17.0. The number of aromatic nitrogens is 1. The van der Waals surface area contributed by atoms with Crippen LogP contribution in [0.2, 0.25) is 0 Å². The molecule has 1 heterocycles. The summed E-state index contributed by atoms with van der Waals surface area (Å²) in [6.45, 7) is 2.14. The number of nitrogens with two attached hydrogens (primary N) is 1. The molecule has 0 atom stereocenters. The number of quaternary nitrogens is 1. The summed E-state index contributed by atoms with van der Waals surface area (Å²) in [4.78, 5) is 3.33. The van der Waals surface area contributed by atoms with Crippen molar-refractivity contribution in [1.82, 2.24) is 4.98 Å². The highest BCUT2D eigenvalue weighted by molar-refractivity contribution is 9.10. The zero-order valence-corrected chi connectivity index (χ0v) is 12.9. The molecule has 20 heavy (non-hydrogen) atoms. The molecule has 1 aromatic heterocycles. The summed E-state index contributed by atoms with van der Waals surface area (Å²) in [5, 5.41) is 3.71. The van der Waals surface area contributed by atoms with Crippen LogP contribution in [0, 0.1) is 0 Å². The Hall–Kier alpha value is -1.58. The fourth-order valence-corrected chi connectivity index (χ4v) is 2.98. The molecule has 0 aliphatic carbocycles. The number of halogens is 1. The standard InChI is InChI=1S/C17H17BrN2/c18-15-5-3-4-13(10-15)11-19-9-8-14-12-20-17-7-2-1-6-16(14)17/h1-7,10,12,19-20H,8-9,11H2/p+1. The molecule has 0 saturated heterocycles.